The predicted molar refractivity (Wildman–Crippen MR) is 200 cm³/mol. The maximum absolute atomic E-state index is 14.6. The molecular weight excluding hydrogens is 702 g/mol. The molecule has 3 heterocycles. The van der Waals surface area contributed by atoms with Crippen LogP contribution < -0.4 is 16.2 Å². The van der Waals surface area contributed by atoms with Crippen molar-refractivity contribution in [3.8, 4) is 34.4 Å². The van der Waals surface area contributed by atoms with Crippen molar-refractivity contribution in [2.45, 2.75) is 95.0 Å². The first-order valence-electron chi connectivity index (χ1n) is 18.4. The van der Waals surface area contributed by atoms with Crippen LogP contribution in [-0.2, 0) is 19.1 Å². The Morgan fingerprint density at radius 1 is 0.982 bits per heavy atom. The Labute approximate surface area is 318 Å². The number of rotatable bonds is 5. The van der Waals surface area contributed by atoms with Gasteiger partial charge in [0.25, 0.3) is 5.56 Å². The van der Waals surface area contributed by atoms with E-state index in [-0.39, 0.29) is 31.4 Å². The maximum atomic E-state index is 14.6. The number of nitriles is 2. The molecule has 2 fully saturated rings. The van der Waals surface area contributed by atoms with Crippen LogP contribution in [0.1, 0.15) is 82.9 Å². The fourth-order valence-electron chi connectivity index (χ4n) is 7.37. The van der Waals surface area contributed by atoms with Crippen LogP contribution in [-0.4, -0.2) is 73.4 Å². The van der Waals surface area contributed by atoms with Gasteiger partial charge in [0.2, 0.25) is 11.8 Å². The molecule has 14 nitrogen and oxygen atoms in total. The summed E-state index contributed by atoms with van der Waals surface area (Å²) in [5.41, 5.74) is -0.229. The topological polar surface area (TPSA) is 208 Å². The normalized spacial score (nSPS) is 24.1. The first kappa shape index (κ1) is 38.4. The second-order valence-electron chi connectivity index (χ2n) is 15.3. The number of hydrogen-bond acceptors (Lipinski definition) is 9. The Morgan fingerprint density at radius 2 is 1.64 bits per heavy atom. The Hall–Kier alpha value is -6.28. The molecule has 14 heteroatoms. The fourth-order valence-corrected chi connectivity index (χ4v) is 7.37. The zero-order chi connectivity index (χ0) is 39.5. The third-order valence-corrected chi connectivity index (χ3v) is 10.3. The second-order valence-corrected chi connectivity index (χ2v) is 15.3. The van der Waals surface area contributed by atoms with Crippen LogP contribution in [0.15, 0.2) is 71.7 Å². The van der Waals surface area contributed by atoms with Gasteiger partial charge in [0, 0.05) is 24.4 Å². The van der Waals surface area contributed by atoms with Crippen LogP contribution >= 0.6 is 0 Å². The Bertz CT molecular complexity index is 2160. The van der Waals surface area contributed by atoms with Crippen molar-refractivity contribution in [2.75, 3.05) is 6.54 Å². The van der Waals surface area contributed by atoms with E-state index in [1.807, 2.05) is 12.2 Å². The molecule has 0 bridgehead atoms. The molecule has 1 saturated heterocycles. The molecule has 284 valence electrons. The maximum Gasteiger partial charge on any atom is 0.408 e. The summed E-state index contributed by atoms with van der Waals surface area (Å²) in [4.78, 5) is 70.2. The summed E-state index contributed by atoms with van der Waals surface area (Å²) in [7, 11) is 0. The lowest BCUT2D eigenvalue weighted by atomic mass is 9.96. The summed E-state index contributed by atoms with van der Waals surface area (Å²) in [6, 6.07) is 14.2. The number of hydrogen-bond donors (Lipinski definition) is 3. The molecular formula is C41H43N7O7. The van der Waals surface area contributed by atoms with Crippen molar-refractivity contribution in [1.29, 1.82) is 10.5 Å². The summed E-state index contributed by atoms with van der Waals surface area (Å²) in [6.45, 7) is 4.98. The first-order valence-corrected chi connectivity index (χ1v) is 18.4. The van der Waals surface area contributed by atoms with Crippen molar-refractivity contribution >= 4 is 23.9 Å². The summed E-state index contributed by atoms with van der Waals surface area (Å²) < 4.78 is 6.71. The smallest absolute Gasteiger partial charge is 0.408 e. The van der Waals surface area contributed by atoms with E-state index >= 15 is 0 Å². The van der Waals surface area contributed by atoms with E-state index in [4.69, 9.17) is 4.74 Å². The van der Waals surface area contributed by atoms with Crippen LogP contribution in [0.4, 0.5) is 4.79 Å². The number of nitrogens with zero attached hydrogens (tertiary/aromatic N) is 5. The average molecular weight is 746 g/mol. The highest BCUT2D eigenvalue weighted by atomic mass is 16.6. The van der Waals surface area contributed by atoms with Crippen molar-refractivity contribution < 1.29 is 29.0 Å². The molecule has 1 aliphatic carbocycles. The van der Waals surface area contributed by atoms with Gasteiger partial charge in [-0.1, -0.05) is 49.3 Å². The Morgan fingerprint density at radius 3 is 2.25 bits per heavy atom. The molecule has 3 aromatic rings. The minimum Gasteiger partial charge on any atom is -0.479 e. The summed E-state index contributed by atoms with van der Waals surface area (Å²) in [6.07, 6.45) is 7.67. The SMILES string of the molecule is CC(C)(C)OC(=O)N[C@H]1CCCCCC=C[C@@H]2C[C@@]2(C(=O)O)NC(=O)[C@@H]2C[C@H](n3ncc(-c4ccc(C#N)cc4)c(-c4ccc(C#N)cc4)c3=O)CN2C1=O. The zero-order valence-electron chi connectivity index (χ0n) is 30.9. The molecule has 6 rings (SSSR count). The van der Waals surface area contributed by atoms with E-state index in [1.165, 1.54) is 15.8 Å². The highest BCUT2D eigenvalue weighted by Crippen LogP contribution is 2.45. The van der Waals surface area contributed by atoms with E-state index in [0.29, 0.717) is 40.7 Å². The summed E-state index contributed by atoms with van der Waals surface area (Å²) in [5, 5.41) is 39.0. The standard InChI is InChI=1S/C41H43N7O7/c1-40(2,3)55-39(54)45-32-10-8-6-4-5-7-9-29-20-41(29,38(52)53)46-35(49)33-19-30(24-47(33)36(32)50)48-37(51)34(28-17-13-26(22-43)14-18-28)31(23-44-48)27-15-11-25(21-42)12-16-27/h7,9,11-18,23,29-30,32-33H,4-6,8,10,19-20,24H2,1-3H3,(H,45,54)(H,46,49)(H,52,53)/t29-,30+,32+,33+,41-/m1/s1. The molecule has 5 atom stereocenters. The van der Waals surface area contributed by atoms with Gasteiger partial charge in [0.15, 0.2) is 0 Å². The Kier molecular flexibility index (Phi) is 10.9. The number of ether oxygens (including phenoxy) is 1. The highest BCUT2D eigenvalue weighted by molar-refractivity contribution is 5.96. The van der Waals surface area contributed by atoms with E-state index in [0.717, 1.165) is 12.8 Å². The van der Waals surface area contributed by atoms with Gasteiger partial charge in [-0.05, 0) is 81.8 Å². The molecule has 0 radical (unpaired) electrons. The number of aromatic nitrogens is 2. The van der Waals surface area contributed by atoms with Crippen LogP contribution in [0, 0.1) is 28.6 Å². The van der Waals surface area contributed by atoms with E-state index < -0.39 is 64.6 Å². The molecule has 55 heavy (non-hydrogen) atoms. The lowest BCUT2D eigenvalue weighted by Crippen LogP contribution is -2.56. The van der Waals surface area contributed by atoms with Crippen molar-refractivity contribution in [1.82, 2.24) is 25.3 Å². The number of fused-ring (bicyclic) bond motifs is 2. The van der Waals surface area contributed by atoms with Gasteiger partial charge >= 0.3 is 12.1 Å². The molecule has 2 aliphatic heterocycles. The number of carboxylic acids is 1. The van der Waals surface area contributed by atoms with E-state index in [9.17, 15) is 39.6 Å². The van der Waals surface area contributed by atoms with E-state index in [2.05, 4.69) is 27.9 Å². The van der Waals surface area contributed by atoms with Gasteiger partial charge in [0.1, 0.15) is 23.2 Å². The first-order chi connectivity index (χ1) is 26.2. The average Bonchev–Trinajstić information content (AvgIpc) is 3.67. The highest BCUT2D eigenvalue weighted by Gasteiger charge is 2.61. The van der Waals surface area contributed by atoms with Crippen LogP contribution in [0.2, 0.25) is 0 Å². The molecule has 3 aliphatic rings. The third-order valence-electron chi connectivity index (χ3n) is 10.3. The molecule has 1 aromatic heterocycles. The monoisotopic (exact) mass is 745 g/mol. The number of carbonyl (C=O) groups is 4. The van der Waals surface area contributed by atoms with Gasteiger partial charge in [-0.3, -0.25) is 14.4 Å². The number of alkyl carbamates (subject to hydrolysis) is 1. The molecule has 0 spiro atoms. The minimum atomic E-state index is -1.53. The molecule has 3 amide bonds. The summed E-state index contributed by atoms with van der Waals surface area (Å²) in [5.74, 6) is -2.85. The Balaban J connectivity index is 1.41. The van der Waals surface area contributed by atoms with Crippen LogP contribution in [0.5, 0.6) is 0 Å². The third kappa shape index (κ3) is 8.29. The number of aliphatic carboxylic acids is 1. The molecule has 2 aromatic carbocycles. The summed E-state index contributed by atoms with van der Waals surface area (Å²) >= 11 is 0. The van der Waals surface area contributed by atoms with Crippen LogP contribution in [0.3, 0.4) is 0 Å². The van der Waals surface area contributed by atoms with Gasteiger partial charge in [-0.2, -0.15) is 15.6 Å². The number of carbonyl (C=O) groups excluding carboxylic acids is 3. The quantitative estimate of drug-likeness (QED) is 0.303. The minimum absolute atomic E-state index is 0.0666. The molecule has 0 unspecified atom stereocenters. The lowest BCUT2D eigenvalue weighted by molar-refractivity contribution is -0.145. The van der Waals surface area contributed by atoms with Gasteiger partial charge in [-0.25, -0.2) is 14.3 Å². The van der Waals surface area contributed by atoms with Gasteiger partial charge < -0.3 is 25.4 Å². The second kappa shape index (κ2) is 15.6. The van der Waals surface area contributed by atoms with Crippen molar-refractivity contribution in [3.05, 3.63) is 88.4 Å². The van der Waals surface area contributed by atoms with Crippen molar-refractivity contribution in [2.24, 2.45) is 5.92 Å². The molecule has 1 saturated carbocycles. The largest absolute Gasteiger partial charge is 0.479 e. The number of carboxylic acid groups (broad SMARTS) is 1. The lowest BCUT2D eigenvalue weighted by Gasteiger charge is -2.30. The van der Waals surface area contributed by atoms with Gasteiger partial charge in [-0.15, -0.1) is 0 Å². The van der Waals surface area contributed by atoms with Crippen LogP contribution in [0.25, 0.3) is 22.3 Å². The predicted octanol–water partition coefficient (Wildman–Crippen LogP) is 4.84. The number of allylic oxidation sites excluding steroid dienone is 1. The molecule has 3 N–H and O–H groups in total. The fraction of sp³-hybridized carbons (Fsp3) is 0.415. The van der Waals surface area contributed by atoms with Gasteiger partial charge in [0.05, 0.1) is 41.1 Å². The number of amides is 3. The number of nitrogens with one attached hydrogen (secondary N) is 2. The number of benzene rings is 2. The van der Waals surface area contributed by atoms with Crippen molar-refractivity contribution in [3.63, 3.8) is 0 Å². The van der Waals surface area contributed by atoms with E-state index in [1.54, 1.807) is 69.3 Å². The zero-order valence-corrected chi connectivity index (χ0v) is 30.9.